The van der Waals surface area contributed by atoms with Crippen LogP contribution in [0.25, 0.3) is 11.1 Å². The minimum absolute atomic E-state index is 0.466. The number of fused-ring (bicyclic) bond motifs is 3. The Bertz CT molecular complexity index is 709. The molecule has 0 saturated carbocycles. The molecule has 0 aromatic heterocycles. The van der Waals surface area contributed by atoms with Crippen molar-refractivity contribution in [3.63, 3.8) is 0 Å². The normalized spacial score (nSPS) is 14.0. The van der Waals surface area contributed by atoms with E-state index >= 15 is 0 Å². The van der Waals surface area contributed by atoms with Crippen LogP contribution in [0, 0.1) is 0 Å². The molecular weight excluding hydrogens is 660 g/mol. The number of benzene rings is 2. The Morgan fingerprint density at radius 2 is 1.38 bits per heavy atom. The van der Waals surface area contributed by atoms with Crippen molar-refractivity contribution in [2.75, 3.05) is 0 Å². The van der Waals surface area contributed by atoms with E-state index in [0.29, 0.717) is 0 Å². The van der Waals surface area contributed by atoms with E-state index in [9.17, 15) is 0 Å². The molecule has 0 radical (unpaired) electrons. The highest BCUT2D eigenvalue weighted by molar-refractivity contribution is 9.39. The fourth-order valence-corrected chi connectivity index (χ4v) is 5.12. The van der Waals surface area contributed by atoms with Gasteiger partial charge >= 0.3 is 0 Å². The maximum absolute atomic E-state index is 3.70. The third kappa shape index (κ3) is 3.27. The minimum Gasteiger partial charge on any atom is -0.0619 e. The zero-order valence-corrected chi connectivity index (χ0v) is 20.0. The number of hydrogen-bond donors (Lipinski definition) is 0. The molecule has 3 rings (SSSR count). The molecule has 0 spiro atoms. The molecule has 0 fully saturated rings. The van der Waals surface area contributed by atoms with Crippen LogP contribution >= 0.6 is 95.6 Å². The second-order valence-electron chi connectivity index (χ2n) is 4.84. The van der Waals surface area contributed by atoms with E-state index in [0.717, 1.165) is 12.0 Å². The molecule has 21 heavy (non-hydrogen) atoms. The van der Waals surface area contributed by atoms with Crippen LogP contribution < -0.4 is 0 Å². The Kier molecular flexibility index (Phi) is 4.90. The van der Waals surface area contributed by atoms with Crippen molar-refractivity contribution in [3.8, 4) is 11.1 Å². The largest absolute Gasteiger partial charge is 0.160 e. The fraction of sp³-hybridized carbons (Fsp3) is 0.200. The molecule has 2 aromatic rings. The Balaban J connectivity index is 2.31. The molecule has 0 bridgehead atoms. The number of hydrogen-bond acceptors (Lipinski definition) is 0. The van der Waals surface area contributed by atoms with Crippen molar-refractivity contribution < 1.29 is 0 Å². The van der Waals surface area contributed by atoms with Crippen LogP contribution in [0.3, 0.4) is 0 Å². The number of halogens is 6. The summed E-state index contributed by atoms with van der Waals surface area (Å²) < 4.78 is -0.941. The Labute approximate surface area is 174 Å². The summed E-state index contributed by atoms with van der Waals surface area (Å²) in [5.41, 5.74) is 7.58. The second-order valence-corrected chi connectivity index (χ2v) is 18.4. The lowest BCUT2D eigenvalue weighted by Crippen LogP contribution is -2.13. The molecule has 0 atom stereocenters. The molecular formula is C15H8Br6. The van der Waals surface area contributed by atoms with Gasteiger partial charge in [0.2, 0.25) is 0 Å². The van der Waals surface area contributed by atoms with Crippen LogP contribution in [0.2, 0.25) is 0 Å². The molecule has 2 aromatic carbocycles. The third-order valence-electron chi connectivity index (χ3n) is 3.58. The van der Waals surface area contributed by atoms with Gasteiger partial charge in [-0.15, -0.1) is 0 Å². The first-order chi connectivity index (χ1) is 9.69. The zero-order chi connectivity index (χ0) is 15.4. The molecule has 6 heteroatoms. The molecule has 0 amide bonds. The standard InChI is InChI=1S/C15H8Br6/c16-14(17,18)12-6-5-10-9-4-2-1-3-8(9)7-11(10)13(12)15(19,20)21/h1-6H,7H2. The van der Waals surface area contributed by atoms with E-state index in [1.165, 1.54) is 27.8 Å². The highest BCUT2D eigenvalue weighted by atomic mass is 80.0. The summed E-state index contributed by atoms with van der Waals surface area (Å²) in [6, 6.07) is 12.9. The maximum Gasteiger partial charge on any atom is 0.160 e. The van der Waals surface area contributed by atoms with E-state index in [4.69, 9.17) is 0 Å². The summed E-state index contributed by atoms with van der Waals surface area (Å²) >= 11 is 22.0. The summed E-state index contributed by atoms with van der Waals surface area (Å²) in [5, 5.41) is 0. The van der Waals surface area contributed by atoms with Crippen LogP contribution in [-0.2, 0) is 10.7 Å². The molecule has 0 saturated heterocycles. The Hall–Kier alpha value is 1.32. The SMILES string of the molecule is BrC(Br)(Br)c1ccc2c(c1C(Br)(Br)Br)Cc1ccccc1-2. The van der Waals surface area contributed by atoms with Gasteiger partial charge in [-0.3, -0.25) is 0 Å². The summed E-state index contributed by atoms with van der Waals surface area (Å²) in [7, 11) is 0. The number of alkyl halides is 6. The van der Waals surface area contributed by atoms with Gasteiger partial charge in [0.15, 0.2) is 4.29 Å². The molecule has 0 unspecified atom stereocenters. The first kappa shape index (κ1) is 17.2. The van der Waals surface area contributed by atoms with Crippen molar-refractivity contribution in [3.05, 3.63) is 58.7 Å². The Morgan fingerprint density at radius 3 is 2.00 bits per heavy atom. The van der Waals surface area contributed by atoms with Gasteiger partial charge in [-0.05, 0) is 34.2 Å². The van der Waals surface area contributed by atoms with Crippen molar-refractivity contribution in [2.24, 2.45) is 0 Å². The van der Waals surface area contributed by atoms with Crippen molar-refractivity contribution in [1.82, 2.24) is 0 Å². The second kappa shape index (κ2) is 5.99. The topological polar surface area (TPSA) is 0 Å². The smallest absolute Gasteiger partial charge is 0.0619 e. The lowest BCUT2D eigenvalue weighted by Gasteiger charge is -2.26. The predicted molar refractivity (Wildman–Crippen MR) is 112 cm³/mol. The van der Waals surface area contributed by atoms with E-state index in [1.807, 2.05) is 0 Å². The lowest BCUT2D eigenvalue weighted by molar-refractivity contribution is 1.14. The monoisotopic (exact) mass is 662 g/mol. The van der Waals surface area contributed by atoms with Crippen molar-refractivity contribution in [1.29, 1.82) is 0 Å². The molecule has 1 aliphatic rings. The molecule has 110 valence electrons. The highest BCUT2D eigenvalue weighted by Gasteiger charge is 2.37. The first-order valence-corrected chi connectivity index (χ1v) is 10.8. The molecule has 0 heterocycles. The number of rotatable bonds is 0. The van der Waals surface area contributed by atoms with Gasteiger partial charge in [0, 0.05) is 5.56 Å². The van der Waals surface area contributed by atoms with Crippen LogP contribution in [-0.4, -0.2) is 0 Å². The summed E-state index contributed by atoms with van der Waals surface area (Å²) in [5.74, 6) is 0. The van der Waals surface area contributed by atoms with Crippen molar-refractivity contribution in [2.45, 2.75) is 10.7 Å². The maximum atomic E-state index is 3.70. The van der Waals surface area contributed by atoms with E-state index < -0.39 is 4.29 Å². The van der Waals surface area contributed by atoms with Crippen LogP contribution in [0.5, 0.6) is 0 Å². The molecule has 0 aliphatic heterocycles. The zero-order valence-electron chi connectivity index (χ0n) is 10.4. The minimum atomic E-state index is -0.476. The van der Waals surface area contributed by atoms with Crippen molar-refractivity contribution >= 4 is 95.6 Å². The van der Waals surface area contributed by atoms with Gasteiger partial charge < -0.3 is 0 Å². The average Bonchev–Trinajstić information content (AvgIpc) is 2.73. The molecule has 0 nitrogen and oxygen atoms in total. The van der Waals surface area contributed by atoms with E-state index in [1.54, 1.807) is 0 Å². The van der Waals surface area contributed by atoms with Crippen LogP contribution in [0.1, 0.15) is 22.3 Å². The summed E-state index contributed by atoms with van der Waals surface area (Å²) in [4.78, 5) is 0. The lowest BCUT2D eigenvalue weighted by atomic mass is 9.98. The van der Waals surface area contributed by atoms with Gasteiger partial charge in [-0.25, -0.2) is 0 Å². The van der Waals surface area contributed by atoms with Gasteiger partial charge in [-0.1, -0.05) is 132 Å². The quantitative estimate of drug-likeness (QED) is 0.215. The van der Waals surface area contributed by atoms with E-state index in [2.05, 4.69) is 132 Å². The average molecular weight is 668 g/mol. The summed E-state index contributed by atoms with van der Waals surface area (Å²) in [6.45, 7) is 0. The Morgan fingerprint density at radius 1 is 0.714 bits per heavy atom. The van der Waals surface area contributed by atoms with Gasteiger partial charge in [0.1, 0.15) is 0 Å². The van der Waals surface area contributed by atoms with Gasteiger partial charge in [0.05, 0.1) is 0 Å². The van der Waals surface area contributed by atoms with Crippen LogP contribution in [0.4, 0.5) is 0 Å². The van der Waals surface area contributed by atoms with Gasteiger partial charge in [0.25, 0.3) is 0 Å². The van der Waals surface area contributed by atoms with Gasteiger partial charge in [-0.2, -0.15) is 0 Å². The third-order valence-corrected chi connectivity index (χ3v) is 6.05. The molecule has 0 N–H and O–H groups in total. The first-order valence-electron chi connectivity index (χ1n) is 6.08. The molecule has 1 aliphatic carbocycles. The predicted octanol–water partition coefficient (Wildman–Crippen LogP) is 7.85. The fourth-order valence-electron chi connectivity index (χ4n) is 2.77. The van der Waals surface area contributed by atoms with Crippen LogP contribution in [0.15, 0.2) is 36.4 Å². The summed E-state index contributed by atoms with van der Waals surface area (Å²) in [6.07, 6.45) is 0.933. The highest BCUT2D eigenvalue weighted by Crippen LogP contribution is 2.57. The van der Waals surface area contributed by atoms with E-state index in [-0.39, 0.29) is 0 Å².